The summed E-state index contributed by atoms with van der Waals surface area (Å²) in [6.45, 7) is 4.22. The van der Waals surface area contributed by atoms with Gasteiger partial charge in [-0.3, -0.25) is 0 Å². The first-order chi connectivity index (χ1) is 10.2. The molecule has 0 saturated heterocycles. The number of nitrogens with one attached hydrogen (secondary N) is 1. The SMILES string of the molecule is CCOC(=O)C1Cc2cc(C)cc(Cc3cnc[nH]3)c2O1. The summed E-state index contributed by atoms with van der Waals surface area (Å²) in [7, 11) is 0. The summed E-state index contributed by atoms with van der Waals surface area (Å²) in [5.41, 5.74) is 4.32. The average Bonchev–Trinajstić information content (AvgIpc) is 3.07. The minimum Gasteiger partial charge on any atom is -0.478 e. The number of hydrogen-bond acceptors (Lipinski definition) is 4. The van der Waals surface area contributed by atoms with Gasteiger partial charge in [0.25, 0.3) is 0 Å². The molecule has 1 aromatic heterocycles. The summed E-state index contributed by atoms with van der Waals surface area (Å²) in [5.74, 6) is 0.520. The summed E-state index contributed by atoms with van der Waals surface area (Å²) < 4.78 is 10.9. The monoisotopic (exact) mass is 286 g/mol. The van der Waals surface area contributed by atoms with Gasteiger partial charge in [0.15, 0.2) is 6.10 Å². The maximum absolute atomic E-state index is 11.9. The van der Waals surface area contributed by atoms with Gasteiger partial charge in [-0.05, 0) is 19.4 Å². The number of esters is 1. The fraction of sp³-hybridized carbons (Fsp3) is 0.375. The minimum absolute atomic E-state index is 0.293. The molecule has 2 aromatic rings. The van der Waals surface area contributed by atoms with Crippen molar-refractivity contribution in [3.63, 3.8) is 0 Å². The molecular formula is C16H18N2O3. The standard InChI is InChI=1S/C16H18N2O3/c1-3-20-16(19)14-7-12-5-10(2)4-11(15(12)21-14)6-13-8-17-9-18-13/h4-5,8-9,14H,3,6-7H2,1-2H3,(H,17,18). The number of carbonyl (C=O) groups is 1. The van der Waals surface area contributed by atoms with E-state index in [0.29, 0.717) is 19.4 Å². The first-order valence-electron chi connectivity index (χ1n) is 7.10. The van der Waals surface area contributed by atoms with Gasteiger partial charge >= 0.3 is 5.97 Å². The predicted octanol–water partition coefficient (Wildman–Crippen LogP) is 2.18. The zero-order valence-electron chi connectivity index (χ0n) is 12.2. The van der Waals surface area contributed by atoms with Crippen LogP contribution in [0.2, 0.25) is 0 Å². The van der Waals surface area contributed by atoms with E-state index in [-0.39, 0.29) is 5.97 Å². The molecule has 0 bridgehead atoms. The molecule has 1 aliphatic heterocycles. The van der Waals surface area contributed by atoms with Crippen molar-refractivity contribution in [1.29, 1.82) is 0 Å². The van der Waals surface area contributed by atoms with Gasteiger partial charge in [-0.2, -0.15) is 0 Å². The molecular weight excluding hydrogens is 268 g/mol. The average molecular weight is 286 g/mol. The van der Waals surface area contributed by atoms with Crippen molar-refractivity contribution in [3.8, 4) is 5.75 Å². The van der Waals surface area contributed by atoms with Crippen LogP contribution >= 0.6 is 0 Å². The van der Waals surface area contributed by atoms with Crippen LogP contribution in [0.15, 0.2) is 24.7 Å². The van der Waals surface area contributed by atoms with Crippen molar-refractivity contribution >= 4 is 5.97 Å². The smallest absolute Gasteiger partial charge is 0.347 e. The van der Waals surface area contributed by atoms with Crippen molar-refractivity contribution in [2.24, 2.45) is 0 Å². The number of aryl methyl sites for hydroxylation is 1. The van der Waals surface area contributed by atoms with E-state index >= 15 is 0 Å². The van der Waals surface area contributed by atoms with Crippen LogP contribution in [0.3, 0.4) is 0 Å². The molecule has 5 nitrogen and oxygen atoms in total. The Morgan fingerprint density at radius 1 is 1.52 bits per heavy atom. The van der Waals surface area contributed by atoms with Crippen LogP contribution in [-0.4, -0.2) is 28.6 Å². The third kappa shape index (κ3) is 2.77. The van der Waals surface area contributed by atoms with Crippen molar-refractivity contribution < 1.29 is 14.3 Å². The van der Waals surface area contributed by atoms with Gasteiger partial charge in [-0.1, -0.05) is 17.7 Å². The number of aromatic nitrogens is 2. The van der Waals surface area contributed by atoms with Gasteiger partial charge in [0, 0.05) is 30.3 Å². The van der Waals surface area contributed by atoms with Gasteiger partial charge in [0.05, 0.1) is 12.9 Å². The lowest BCUT2D eigenvalue weighted by Crippen LogP contribution is -2.27. The van der Waals surface area contributed by atoms with Crippen LogP contribution in [0.25, 0.3) is 0 Å². The number of H-pyrrole nitrogens is 1. The molecule has 0 fully saturated rings. The molecule has 21 heavy (non-hydrogen) atoms. The summed E-state index contributed by atoms with van der Waals surface area (Å²) in [6.07, 6.45) is 4.22. The number of benzene rings is 1. The molecule has 0 radical (unpaired) electrons. The molecule has 1 aliphatic rings. The number of hydrogen-bond donors (Lipinski definition) is 1. The molecule has 0 saturated carbocycles. The first kappa shape index (κ1) is 13.7. The Morgan fingerprint density at radius 2 is 2.38 bits per heavy atom. The molecule has 1 aromatic carbocycles. The summed E-state index contributed by atoms with van der Waals surface area (Å²) in [5, 5.41) is 0. The Labute approximate surface area is 123 Å². The van der Waals surface area contributed by atoms with E-state index in [2.05, 4.69) is 29.0 Å². The largest absolute Gasteiger partial charge is 0.478 e. The Hall–Kier alpha value is -2.30. The molecule has 1 atom stereocenters. The third-order valence-electron chi connectivity index (χ3n) is 3.54. The Balaban J connectivity index is 1.87. The lowest BCUT2D eigenvalue weighted by Gasteiger charge is -2.11. The highest BCUT2D eigenvalue weighted by Crippen LogP contribution is 2.35. The molecule has 2 heterocycles. The van der Waals surface area contributed by atoms with Crippen molar-refractivity contribution in [3.05, 3.63) is 47.0 Å². The van der Waals surface area contributed by atoms with E-state index in [1.165, 1.54) is 0 Å². The predicted molar refractivity (Wildman–Crippen MR) is 77.3 cm³/mol. The van der Waals surface area contributed by atoms with Crippen LogP contribution in [0.1, 0.15) is 29.3 Å². The van der Waals surface area contributed by atoms with Gasteiger partial charge in [-0.15, -0.1) is 0 Å². The number of fused-ring (bicyclic) bond motifs is 1. The van der Waals surface area contributed by atoms with Gasteiger partial charge in [-0.25, -0.2) is 9.78 Å². The second-order valence-electron chi connectivity index (χ2n) is 5.23. The van der Waals surface area contributed by atoms with Gasteiger partial charge < -0.3 is 14.5 Å². The van der Waals surface area contributed by atoms with E-state index in [1.807, 2.05) is 0 Å². The molecule has 0 aliphatic carbocycles. The molecule has 0 spiro atoms. The number of imidazole rings is 1. The maximum Gasteiger partial charge on any atom is 0.347 e. The first-order valence-corrected chi connectivity index (χ1v) is 7.10. The fourth-order valence-corrected chi connectivity index (χ4v) is 2.70. The topological polar surface area (TPSA) is 64.2 Å². The van der Waals surface area contributed by atoms with Crippen LogP contribution in [-0.2, 0) is 22.4 Å². The lowest BCUT2D eigenvalue weighted by molar-refractivity contribution is -0.150. The molecule has 1 unspecified atom stereocenters. The lowest BCUT2D eigenvalue weighted by atomic mass is 10.00. The molecule has 0 amide bonds. The Kier molecular flexibility index (Phi) is 3.64. The zero-order valence-corrected chi connectivity index (χ0v) is 12.2. The second-order valence-corrected chi connectivity index (χ2v) is 5.23. The van der Waals surface area contributed by atoms with Crippen molar-refractivity contribution in [2.75, 3.05) is 6.61 Å². The van der Waals surface area contributed by atoms with Crippen LogP contribution in [0.4, 0.5) is 0 Å². The zero-order chi connectivity index (χ0) is 14.8. The van der Waals surface area contributed by atoms with Crippen molar-refractivity contribution in [2.45, 2.75) is 32.8 Å². The van der Waals surface area contributed by atoms with E-state index in [4.69, 9.17) is 9.47 Å². The van der Waals surface area contributed by atoms with Gasteiger partial charge in [0.1, 0.15) is 5.75 Å². The van der Waals surface area contributed by atoms with Gasteiger partial charge in [0.2, 0.25) is 0 Å². The normalized spacial score (nSPS) is 16.4. The Morgan fingerprint density at radius 3 is 3.10 bits per heavy atom. The molecule has 1 N–H and O–H groups in total. The number of ether oxygens (including phenoxy) is 2. The molecule has 3 rings (SSSR count). The number of aromatic amines is 1. The highest BCUT2D eigenvalue weighted by molar-refractivity contribution is 5.77. The quantitative estimate of drug-likeness (QED) is 0.875. The number of carbonyl (C=O) groups excluding carboxylic acids is 1. The molecule has 5 heteroatoms. The fourth-order valence-electron chi connectivity index (χ4n) is 2.70. The highest BCUT2D eigenvalue weighted by Gasteiger charge is 2.32. The Bertz CT molecular complexity index is 650. The van der Waals surface area contributed by atoms with Crippen LogP contribution in [0.5, 0.6) is 5.75 Å². The number of nitrogens with zero attached hydrogens (tertiary/aromatic N) is 1. The highest BCUT2D eigenvalue weighted by atomic mass is 16.6. The van der Waals surface area contributed by atoms with Crippen LogP contribution in [0, 0.1) is 6.92 Å². The minimum atomic E-state index is -0.526. The van der Waals surface area contributed by atoms with E-state index in [9.17, 15) is 4.79 Å². The van der Waals surface area contributed by atoms with Crippen LogP contribution < -0.4 is 4.74 Å². The third-order valence-corrected chi connectivity index (χ3v) is 3.54. The van der Waals surface area contributed by atoms with Crippen molar-refractivity contribution in [1.82, 2.24) is 9.97 Å². The van der Waals surface area contributed by atoms with E-state index in [0.717, 1.165) is 28.1 Å². The summed E-state index contributed by atoms with van der Waals surface area (Å²) in [6, 6.07) is 4.16. The summed E-state index contributed by atoms with van der Waals surface area (Å²) in [4.78, 5) is 19.0. The van der Waals surface area contributed by atoms with E-state index < -0.39 is 6.10 Å². The molecule has 110 valence electrons. The summed E-state index contributed by atoms with van der Waals surface area (Å²) >= 11 is 0. The van der Waals surface area contributed by atoms with E-state index in [1.54, 1.807) is 19.4 Å². The maximum atomic E-state index is 11.9. The number of rotatable bonds is 4. The second kappa shape index (κ2) is 5.60.